The van der Waals surface area contributed by atoms with Crippen LogP contribution in [0.4, 0.5) is 4.79 Å². The first-order valence-corrected chi connectivity index (χ1v) is 11.3. The zero-order valence-corrected chi connectivity index (χ0v) is 18.1. The van der Waals surface area contributed by atoms with Crippen LogP contribution in [0.5, 0.6) is 0 Å². The van der Waals surface area contributed by atoms with Gasteiger partial charge in [-0.05, 0) is 26.0 Å². The lowest BCUT2D eigenvalue weighted by atomic mass is 10.2. The van der Waals surface area contributed by atoms with Crippen molar-refractivity contribution in [3.05, 3.63) is 29.8 Å². The van der Waals surface area contributed by atoms with Gasteiger partial charge in [0.2, 0.25) is 0 Å². The Labute approximate surface area is 180 Å². The fourth-order valence-corrected chi connectivity index (χ4v) is 4.41. The highest BCUT2D eigenvalue weighted by Gasteiger charge is 2.31. The molecule has 2 amide bonds. The SMILES string of the molecule is CCOC(=O)N1CCN(C(=O)COC(=O)[C@@H](C)N=C2NS(=O)(=O)c3ccccc32)CC1. The number of amidine groups is 1. The summed E-state index contributed by atoms with van der Waals surface area (Å²) in [4.78, 5) is 43.5. The van der Waals surface area contributed by atoms with Crippen LogP contribution < -0.4 is 4.72 Å². The van der Waals surface area contributed by atoms with Gasteiger partial charge in [0.25, 0.3) is 15.9 Å². The minimum absolute atomic E-state index is 0.0569. The predicted octanol–water partition coefficient (Wildman–Crippen LogP) is -0.0425. The second-order valence-corrected chi connectivity index (χ2v) is 8.58. The molecule has 3 rings (SSSR count). The molecule has 0 aromatic heterocycles. The van der Waals surface area contributed by atoms with E-state index in [1.165, 1.54) is 22.8 Å². The normalized spacial score (nSPS) is 19.4. The van der Waals surface area contributed by atoms with E-state index in [9.17, 15) is 22.8 Å². The maximum atomic E-state index is 12.3. The Bertz CT molecular complexity index is 1000. The van der Waals surface area contributed by atoms with Gasteiger partial charge in [-0.1, -0.05) is 12.1 Å². The summed E-state index contributed by atoms with van der Waals surface area (Å²) in [7, 11) is -3.71. The Morgan fingerprint density at radius 2 is 1.74 bits per heavy atom. The van der Waals surface area contributed by atoms with Gasteiger partial charge < -0.3 is 19.3 Å². The molecule has 2 aliphatic heterocycles. The number of aliphatic imine (C=N–C) groups is 1. The lowest BCUT2D eigenvalue weighted by Gasteiger charge is -2.33. The maximum absolute atomic E-state index is 12.3. The first-order chi connectivity index (χ1) is 14.7. The number of amides is 2. The Hall–Kier alpha value is -3.15. The number of sulfonamides is 1. The largest absolute Gasteiger partial charge is 0.454 e. The van der Waals surface area contributed by atoms with Gasteiger partial charge >= 0.3 is 12.1 Å². The van der Waals surface area contributed by atoms with Gasteiger partial charge in [0.1, 0.15) is 11.9 Å². The van der Waals surface area contributed by atoms with E-state index >= 15 is 0 Å². The van der Waals surface area contributed by atoms with Crippen molar-refractivity contribution in [2.45, 2.75) is 24.8 Å². The second kappa shape index (κ2) is 9.33. The third-order valence-corrected chi connectivity index (χ3v) is 6.22. The number of ether oxygens (including phenoxy) is 2. The molecule has 0 spiro atoms. The molecule has 2 heterocycles. The van der Waals surface area contributed by atoms with E-state index in [-0.39, 0.29) is 23.2 Å². The van der Waals surface area contributed by atoms with E-state index in [4.69, 9.17) is 9.47 Å². The standard InChI is InChI=1S/C19H24N4O7S/c1-3-29-19(26)23-10-8-22(9-11-23)16(24)12-30-18(25)13(2)20-17-14-6-4-5-7-15(14)31(27,28)21-17/h4-7,13H,3,8-12H2,1-2H3,(H,20,21)/t13-/m1/s1. The average Bonchev–Trinajstić information content (AvgIpc) is 3.02. The molecule has 2 aliphatic rings. The quantitative estimate of drug-likeness (QED) is 0.619. The molecule has 1 aromatic rings. The van der Waals surface area contributed by atoms with Crippen LogP contribution in [-0.4, -0.2) is 87.5 Å². The van der Waals surface area contributed by atoms with Crippen molar-refractivity contribution in [1.82, 2.24) is 14.5 Å². The Balaban J connectivity index is 1.52. The molecule has 0 bridgehead atoms. The molecule has 12 heteroatoms. The predicted molar refractivity (Wildman–Crippen MR) is 109 cm³/mol. The van der Waals surface area contributed by atoms with Gasteiger partial charge in [-0.15, -0.1) is 0 Å². The highest BCUT2D eigenvalue weighted by Crippen LogP contribution is 2.22. The number of nitrogens with one attached hydrogen (secondary N) is 1. The molecular weight excluding hydrogens is 428 g/mol. The van der Waals surface area contributed by atoms with Gasteiger partial charge in [-0.25, -0.2) is 18.0 Å². The molecule has 11 nitrogen and oxygen atoms in total. The lowest BCUT2D eigenvalue weighted by molar-refractivity contribution is -0.153. The molecule has 0 unspecified atom stereocenters. The zero-order chi connectivity index (χ0) is 22.6. The highest BCUT2D eigenvalue weighted by atomic mass is 32.2. The van der Waals surface area contributed by atoms with E-state index in [2.05, 4.69) is 9.71 Å². The number of piperazine rings is 1. The third kappa shape index (κ3) is 5.13. The fourth-order valence-electron chi connectivity index (χ4n) is 3.17. The first-order valence-electron chi connectivity index (χ1n) is 9.79. The summed E-state index contributed by atoms with van der Waals surface area (Å²) in [6.45, 7) is 4.28. The molecule has 1 N–H and O–H groups in total. The van der Waals surface area contributed by atoms with Crippen molar-refractivity contribution in [1.29, 1.82) is 0 Å². The van der Waals surface area contributed by atoms with Crippen molar-refractivity contribution in [3.63, 3.8) is 0 Å². The summed E-state index contributed by atoms with van der Waals surface area (Å²) >= 11 is 0. The Morgan fingerprint density at radius 3 is 2.42 bits per heavy atom. The Kier molecular flexibility index (Phi) is 6.78. The summed E-state index contributed by atoms with van der Waals surface area (Å²) in [6.07, 6.45) is -0.418. The van der Waals surface area contributed by atoms with Crippen LogP contribution in [0.15, 0.2) is 34.2 Å². The van der Waals surface area contributed by atoms with Crippen LogP contribution in [0.3, 0.4) is 0 Å². The number of esters is 1. The molecule has 168 valence electrons. The van der Waals surface area contributed by atoms with Crippen molar-refractivity contribution in [3.8, 4) is 0 Å². The molecular formula is C19H24N4O7S. The third-order valence-electron chi connectivity index (χ3n) is 4.82. The first kappa shape index (κ1) is 22.5. The summed E-state index contributed by atoms with van der Waals surface area (Å²) in [5.41, 5.74) is 0.373. The smallest absolute Gasteiger partial charge is 0.409 e. The van der Waals surface area contributed by atoms with E-state index in [0.717, 1.165) is 0 Å². The molecule has 1 saturated heterocycles. The fraction of sp³-hybridized carbons (Fsp3) is 0.474. The van der Waals surface area contributed by atoms with Crippen LogP contribution in [0, 0.1) is 0 Å². The Morgan fingerprint density at radius 1 is 1.10 bits per heavy atom. The van der Waals surface area contributed by atoms with Crippen molar-refractivity contribution >= 4 is 33.8 Å². The number of hydrogen-bond donors (Lipinski definition) is 1. The minimum Gasteiger partial charge on any atom is -0.454 e. The number of rotatable bonds is 5. The van der Waals surface area contributed by atoms with Crippen molar-refractivity contribution in [2.24, 2.45) is 4.99 Å². The molecule has 1 aromatic carbocycles. The summed E-state index contributed by atoms with van der Waals surface area (Å²) in [5.74, 6) is -1.08. The molecule has 0 aliphatic carbocycles. The van der Waals surface area contributed by atoms with Crippen molar-refractivity contribution in [2.75, 3.05) is 39.4 Å². The van der Waals surface area contributed by atoms with E-state index in [1.807, 2.05) is 0 Å². The van der Waals surface area contributed by atoms with Gasteiger partial charge in [-0.2, -0.15) is 0 Å². The monoisotopic (exact) mass is 452 g/mol. The second-order valence-electron chi connectivity index (χ2n) is 6.93. The van der Waals surface area contributed by atoms with E-state index in [1.54, 1.807) is 25.1 Å². The van der Waals surface area contributed by atoms with Crippen LogP contribution in [-0.2, 0) is 29.1 Å². The number of nitrogens with zero attached hydrogens (tertiary/aromatic N) is 3. The zero-order valence-electron chi connectivity index (χ0n) is 17.2. The molecule has 1 atom stereocenters. The number of benzene rings is 1. The van der Waals surface area contributed by atoms with Crippen LogP contribution >= 0.6 is 0 Å². The molecule has 0 radical (unpaired) electrons. The number of carbonyl (C=O) groups is 3. The van der Waals surface area contributed by atoms with Gasteiger partial charge in [-0.3, -0.25) is 14.5 Å². The summed E-state index contributed by atoms with van der Waals surface area (Å²) in [6, 6.07) is 5.28. The number of fused-ring (bicyclic) bond motifs is 1. The van der Waals surface area contributed by atoms with Gasteiger partial charge in [0, 0.05) is 31.7 Å². The van der Waals surface area contributed by atoms with Gasteiger partial charge in [0.15, 0.2) is 6.61 Å². The van der Waals surface area contributed by atoms with Crippen molar-refractivity contribution < 1.29 is 32.3 Å². The summed E-state index contributed by atoms with van der Waals surface area (Å²) in [5, 5.41) is 0. The average molecular weight is 452 g/mol. The van der Waals surface area contributed by atoms with Gasteiger partial charge in [0.05, 0.1) is 11.5 Å². The maximum Gasteiger partial charge on any atom is 0.409 e. The molecule has 1 fully saturated rings. The van der Waals surface area contributed by atoms with Crippen LogP contribution in [0.25, 0.3) is 0 Å². The van der Waals surface area contributed by atoms with E-state index in [0.29, 0.717) is 31.7 Å². The van der Waals surface area contributed by atoms with Crippen LogP contribution in [0.2, 0.25) is 0 Å². The number of carbonyl (C=O) groups excluding carboxylic acids is 3. The van der Waals surface area contributed by atoms with Crippen LogP contribution in [0.1, 0.15) is 19.4 Å². The highest BCUT2D eigenvalue weighted by molar-refractivity contribution is 7.90. The number of hydrogen-bond acceptors (Lipinski definition) is 8. The summed E-state index contributed by atoms with van der Waals surface area (Å²) < 4.78 is 36.5. The molecule has 0 saturated carbocycles. The topological polar surface area (TPSA) is 135 Å². The minimum atomic E-state index is -3.71. The lowest BCUT2D eigenvalue weighted by Crippen LogP contribution is -2.51. The van der Waals surface area contributed by atoms with E-state index < -0.39 is 34.7 Å². The molecule has 31 heavy (non-hydrogen) atoms.